The summed E-state index contributed by atoms with van der Waals surface area (Å²) in [5, 5.41) is 13.1. The van der Waals surface area contributed by atoms with Crippen molar-refractivity contribution < 1.29 is 4.79 Å². The van der Waals surface area contributed by atoms with Gasteiger partial charge in [0.05, 0.1) is 0 Å². The van der Waals surface area contributed by atoms with E-state index in [-0.39, 0.29) is 5.78 Å². The van der Waals surface area contributed by atoms with Gasteiger partial charge >= 0.3 is 0 Å². The van der Waals surface area contributed by atoms with Gasteiger partial charge in [0.2, 0.25) is 0 Å². The normalized spacial score (nSPS) is 7.47. The van der Waals surface area contributed by atoms with Crippen molar-refractivity contribution in [3.05, 3.63) is 5.82 Å². The number of carbonyl (C=O) groups is 1. The van der Waals surface area contributed by atoms with Crippen molar-refractivity contribution >= 4 is 5.78 Å². The van der Waals surface area contributed by atoms with Crippen molar-refractivity contribution in [3.8, 4) is 0 Å². The number of nitrogens with one attached hydrogen (secondary N) is 1. The number of carbonyl (C=O) groups excluding carboxylic acids is 1. The molecule has 0 aliphatic rings. The minimum atomic E-state index is 0.289. The van der Waals surface area contributed by atoms with Gasteiger partial charge in [-0.05, 0) is 13.3 Å². The number of tetrazole rings is 1. The van der Waals surface area contributed by atoms with Crippen LogP contribution in [-0.2, 0) is 11.2 Å². The van der Waals surface area contributed by atoms with Gasteiger partial charge in [0.15, 0.2) is 5.82 Å². The molecule has 0 aliphatic carbocycles. The van der Waals surface area contributed by atoms with Crippen LogP contribution in [0.2, 0.25) is 0 Å². The molecule has 17 heavy (non-hydrogen) atoms. The van der Waals surface area contributed by atoms with Gasteiger partial charge in [-0.1, -0.05) is 46.8 Å². The van der Waals surface area contributed by atoms with Gasteiger partial charge in [0.25, 0.3) is 0 Å². The van der Waals surface area contributed by atoms with E-state index in [1.165, 1.54) is 0 Å². The summed E-state index contributed by atoms with van der Waals surface area (Å²) in [6.45, 7) is 13.6. The molecule has 0 fully saturated rings. The second-order valence-electron chi connectivity index (χ2n) is 2.63. The molecule has 0 saturated heterocycles. The molecule has 5 heteroatoms. The smallest absolute Gasteiger partial charge is 0.174 e. The highest BCUT2D eigenvalue weighted by Gasteiger charge is 1.87. The lowest BCUT2D eigenvalue weighted by Crippen LogP contribution is -1.84. The molecule has 0 saturated carbocycles. The first-order chi connectivity index (χ1) is 8.20. The first-order valence-electron chi connectivity index (χ1n) is 6.42. The summed E-state index contributed by atoms with van der Waals surface area (Å²) in [6.07, 6.45) is 2.56. The minimum Gasteiger partial charge on any atom is -0.300 e. The molecule has 0 atom stereocenters. The second-order valence-corrected chi connectivity index (χ2v) is 2.63. The Morgan fingerprint density at radius 3 is 1.82 bits per heavy atom. The number of hydrogen-bond acceptors (Lipinski definition) is 4. The summed E-state index contributed by atoms with van der Waals surface area (Å²) in [4.78, 5) is 10.0. The number of ketones is 1. The highest BCUT2D eigenvalue weighted by molar-refractivity contribution is 5.75. The minimum absolute atomic E-state index is 0.289. The Hall–Kier alpha value is -1.26. The topological polar surface area (TPSA) is 71.5 Å². The summed E-state index contributed by atoms with van der Waals surface area (Å²) in [7, 11) is 0. The van der Waals surface area contributed by atoms with Gasteiger partial charge in [-0.3, -0.25) is 0 Å². The number of hydrogen-bond donors (Lipinski definition) is 1. The predicted molar refractivity (Wildman–Crippen MR) is 71.8 cm³/mol. The zero-order valence-electron chi connectivity index (χ0n) is 12.4. The van der Waals surface area contributed by atoms with Crippen molar-refractivity contribution in [2.75, 3.05) is 0 Å². The van der Waals surface area contributed by atoms with E-state index in [0.717, 1.165) is 25.1 Å². The average molecular weight is 244 g/mol. The standard InChI is InChI=1S/C5H10O.C3H6N4.2C2H6/c1-3-4-5(2)6;1-2-3-4-6-7-5-3;2*1-2/h3-4H2,1-2H3;2H2,1H3,(H,4,5,6,7);2*1-2H3. The molecule has 0 spiro atoms. The van der Waals surface area contributed by atoms with E-state index in [2.05, 4.69) is 20.6 Å². The molecule has 1 aromatic rings. The molecule has 0 amide bonds. The highest BCUT2D eigenvalue weighted by atomic mass is 16.1. The third-order valence-corrected chi connectivity index (χ3v) is 1.31. The van der Waals surface area contributed by atoms with Gasteiger partial charge in [-0.25, -0.2) is 0 Å². The third-order valence-electron chi connectivity index (χ3n) is 1.31. The predicted octanol–water partition coefficient (Wildman–Crippen LogP) is 3.19. The lowest BCUT2D eigenvalue weighted by Gasteiger charge is -1.80. The molecule has 0 bridgehead atoms. The summed E-state index contributed by atoms with van der Waals surface area (Å²) in [6, 6.07) is 0. The number of rotatable bonds is 3. The molecule has 1 N–H and O–H groups in total. The fourth-order valence-corrected chi connectivity index (χ4v) is 0.684. The molecule has 1 rings (SSSR count). The number of aromatic nitrogens is 4. The molecule has 0 aromatic carbocycles. The van der Waals surface area contributed by atoms with Gasteiger partial charge in [0.1, 0.15) is 5.78 Å². The van der Waals surface area contributed by atoms with Gasteiger partial charge in [-0.15, -0.1) is 10.2 Å². The van der Waals surface area contributed by atoms with Gasteiger partial charge in [0, 0.05) is 12.8 Å². The lowest BCUT2D eigenvalue weighted by atomic mass is 10.3. The quantitative estimate of drug-likeness (QED) is 0.886. The van der Waals surface area contributed by atoms with Crippen LogP contribution >= 0.6 is 0 Å². The fourth-order valence-electron chi connectivity index (χ4n) is 0.684. The van der Waals surface area contributed by atoms with Crippen molar-refractivity contribution in [3.63, 3.8) is 0 Å². The first kappa shape index (κ1) is 21.1. The molecule has 0 unspecified atom stereocenters. The van der Waals surface area contributed by atoms with Crippen LogP contribution in [0.15, 0.2) is 0 Å². The van der Waals surface area contributed by atoms with E-state index in [1.54, 1.807) is 6.92 Å². The maximum atomic E-state index is 10.0. The van der Waals surface area contributed by atoms with Crippen molar-refractivity contribution in [1.29, 1.82) is 0 Å². The Bertz CT molecular complexity index is 222. The summed E-state index contributed by atoms with van der Waals surface area (Å²) in [5.41, 5.74) is 0. The average Bonchev–Trinajstić information content (AvgIpc) is 2.88. The monoisotopic (exact) mass is 244 g/mol. The van der Waals surface area contributed by atoms with Gasteiger partial charge in [-0.2, -0.15) is 5.21 Å². The van der Waals surface area contributed by atoms with E-state index in [9.17, 15) is 4.79 Å². The van der Waals surface area contributed by atoms with E-state index >= 15 is 0 Å². The summed E-state index contributed by atoms with van der Waals surface area (Å²) in [5.74, 6) is 1.05. The molecule has 102 valence electrons. The Morgan fingerprint density at radius 2 is 1.71 bits per heavy atom. The molecular formula is C12H28N4O. The van der Waals surface area contributed by atoms with E-state index in [0.29, 0.717) is 0 Å². The van der Waals surface area contributed by atoms with Crippen LogP contribution in [0.1, 0.15) is 67.1 Å². The van der Waals surface area contributed by atoms with E-state index < -0.39 is 0 Å². The van der Waals surface area contributed by atoms with E-state index in [4.69, 9.17) is 0 Å². The number of H-pyrrole nitrogens is 1. The Balaban J connectivity index is -0.000000180. The van der Waals surface area contributed by atoms with Crippen LogP contribution in [0, 0.1) is 0 Å². The summed E-state index contributed by atoms with van der Waals surface area (Å²) >= 11 is 0. The Morgan fingerprint density at radius 1 is 1.18 bits per heavy atom. The van der Waals surface area contributed by atoms with Crippen LogP contribution in [0.5, 0.6) is 0 Å². The zero-order chi connectivity index (χ0) is 14.1. The SMILES string of the molecule is CC.CC.CCCC(C)=O.CCc1nn[nH]n1. The maximum Gasteiger partial charge on any atom is 0.174 e. The van der Waals surface area contributed by atoms with Gasteiger partial charge < -0.3 is 4.79 Å². The Kier molecular flexibility index (Phi) is 25.0. The molecular weight excluding hydrogens is 216 g/mol. The third kappa shape index (κ3) is 20.7. The van der Waals surface area contributed by atoms with Crippen LogP contribution in [-0.4, -0.2) is 26.4 Å². The fraction of sp³-hybridized carbons (Fsp3) is 0.833. The van der Waals surface area contributed by atoms with Crippen LogP contribution < -0.4 is 0 Å². The number of Topliss-reactive ketones (excluding diaryl/α,β-unsaturated/α-hetero) is 1. The molecule has 0 aliphatic heterocycles. The van der Waals surface area contributed by atoms with Crippen molar-refractivity contribution in [2.24, 2.45) is 0 Å². The Labute approximate surface area is 105 Å². The summed E-state index contributed by atoms with van der Waals surface area (Å²) < 4.78 is 0. The molecule has 0 radical (unpaired) electrons. The van der Waals surface area contributed by atoms with Crippen molar-refractivity contribution in [1.82, 2.24) is 20.6 Å². The second kappa shape index (κ2) is 20.2. The van der Waals surface area contributed by atoms with Crippen molar-refractivity contribution in [2.45, 2.75) is 67.7 Å². The molecule has 5 nitrogen and oxygen atoms in total. The highest BCUT2D eigenvalue weighted by Crippen LogP contribution is 1.84. The maximum absolute atomic E-state index is 10.0. The van der Waals surface area contributed by atoms with Crippen LogP contribution in [0.25, 0.3) is 0 Å². The molecule has 1 aromatic heterocycles. The van der Waals surface area contributed by atoms with E-state index in [1.807, 2.05) is 41.5 Å². The first-order valence-corrected chi connectivity index (χ1v) is 6.42. The number of aryl methyl sites for hydroxylation is 1. The largest absolute Gasteiger partial charge is 0.300 e. The lowest BCUT2D eigenvalue weighted by molar-refractivity contribution is -0.117. The number of aromatic amines is 1. The number of nitrogens with zero attached hydrogens (tertiary/aromatic N) is 3. The molecule has 1 heterocycles. The van der Waals surface area contributed by atoms with Crippen LogP contribution in [0.3, 0.4) is 0 Å². The zero-order valence-corrected chi connectivity index (χ0v) is 12.4. The van der Waals surface area contributed by atoms with Crippen LogP contribution in [0.4, 0.5) is 0 Å².